The maximum absolute atomic E-state index is 12.7. The summed E-state index contributed by atoms with van der Waals surface area (Å²) in [5.41, 5.74) is 2.81. The fourth-order valence-corrected chi connectivity index (χ4v) is 5.15. The molecule has 1 aliphatic heterocycles. The maximum atomic E-state index is 12.7. The second-order valence-corrected chi connectivity index (χ2v) is 9.68. The summed E-state index contributed by atoms with van der Waals surface area (Å²) in [7, 11) is -3.24. The summed E-state index contributed by atoms with van der Waals surface area (Å²) >= 11 is 0. The Morgan fingerprint density at radius 3 is 2.62 bits per heavy atom. The average Bonchev–Trinajstić information content (AvgIpc) is 3.17. The van der Waals surface area contributed by atoms with Crippen LogP contribution in [0.3, 0.4) is 0 Å². The Labute approximate surface area is 188 Å². The molecule has 8 heteroatoms. The molecule has 0 aliphatic carbocycles. The standard InChI is InChI=1S/C24H25N3O4S/c1-18(20-6-4-8-23(16-20)31-17-21-7-2-3-13-25-21)26-24(28)19-9-11-22(12-10-19)27-14-5-15-32(27,29)30/h2-4,6-13,16,18H,5,14-15,17H2,1H3,(H,26,28). The van der Waals surface area contributed by atoms with E-state index in [0.29, 0.717) is 36.6 Å². The van der Waals surface area contributed by atoms with Crippen LogP contribution in [0.2, 0.25) is 0 Å². The molecule has 0 saturated carbocycles. The zero-order valence-electron chi connectivity index (χ0n) is 17.8. The Kier molecular flexibility index (Phi) is 6.41. The number of nitrogens with zero attached hydrogens (tertiary/aromatic N) is 2. The smallest absolute Gasteiger partial charge is 0.251 e. The van der Waals surface area contributed by atoms with Crippen LogP contribution in [-0.2, 0) is 16.6 Å². The van der Waals surface area contributed by atoms with Crippen molar-refractivity contribution in [2.45, 2.75) is 26.0 Å². The predicted molar refractivity (Wildman–Crippen MR) is 123 cm³/mol. The van der Waals surface area contributed by atoms with Gasteiger partial charge in [0.1, 0.15) is 12.4 Å². The molecular formula is C24H25N3O4S. The second kappa shape index (κ2) is 9.40. The molecule has 1 aliphatic rings. The van der Waals surface area contributed by atoms with E-state index in [-0.39, 0.29) is 17.7 Å². The number of ether oxygens (including phenoxy) is 1. The molecule has 1 atom stereocenters. The van der Waals surface area contributed by atoms with Gasteiger partial charge in [-0.3, -0.25) is 14.1 Å². The van der Waals surface area contributed by atoms with Gasteiger partial charge in [0.05, 0.1) is 23.2 Å². The Hall–Kier alpha value is -3.39. The number of anilines is 1. The van der Waals surface area contributed by atoms with Crippen molar-refractivity contribution in [3.05, 3.63) is 89.7 Å². The number of carbonyl (C=O) groups excluding carboxylic acids is 1. The van der Waals surface area contributed by atoms with E-state index >= 15 is 0 Å². The molecule has 2 heterocycles. The SMILES string of the molecule is CC(NC(=O)c1ccc(N2CCCS2(=O)=O)cc1)c1cccc(OCc2ccccn2)c1. The Bertz CT molecular complexity index is 1180. The first-order valence-corrected chi connectivity index (χ1v) is 12.1. The van der Waals surface area contributed by atoms with Gasteiger partial charge in [0.2, 0.25) is 10.0 Å². The van der Waals surface area contributed by atoms with Crippen molar-refractivity contribution in [3.63, 3.8) is 0 Å². The predicted octanol–water partition coefficient (Wildman–Crippen LogP) is 3.69. The first kappa shape index (κ1) is 21.8. The highest BCUT2D eigenvalue weighted by atomic mass is 32.2. The van der Waals surface area contributed by atoms with Crippen LogP contribution in [-0.4, -0.2) is 31.6 Å². The second-order valence-electron chi connectivity index (χ2n) is 7.67. The van der Waals surface area contributed by atoms with Crippen LogP contribution in [0.25, 0.3) is 0 Å². The molecule has 3 aromatic rings. The molecule has 4 rings (SSSR count). The van der Waals surface area contributed by atoms with Crippen LogP contribution in [0.1, 0.15) is 41.0 Å². The van der Waals surface area contributed by atoms with Gasteiger partial charge >= 0.3 is 0 Å². The van der Waals surface area contributed by atoms with Crippen molar-refractivity contribution in [1.29, 1.82) is 0 Å². The van der Waals surface area contributed by atoms with Gasteiger partial charge in [0, 0.05) is 18.3 Å². The van der Waals surface area contributed by atoms with Crippen molar-refractivity contribution in [2.24, 2.45) is 0 Å². The van der Waals surface area contributed by atoms with Crippen molar-refractivity contribution < 1.29 is 17.9 Å². The molecule has 1 unspecified atom stereocenters. The summed E-state index contributed by atoms with van der Waals surface area (Å²) in [5, 5.41) is 2.98. The summed E-state index contributed by atoms with van der Waals surface area (Å²) in [6, 6.07) is 19.7. The van der Waals surface area contributed by atoms with Gasteiger partial charge in [-0.15, -0.1) is 0 Å². The minimum absolute atomic E-state index is 0.164. The number of benzene rings is 2. The minimum atomic E-state index is -3.24. The average molecular weight is 452 g/mol. The Balaban J connectivity index is 1.38. The van der Waals surface area contributed by atoms with Crippen LogP contribution >= 0.6 is 0 Å². The lowest BCUT2D eigenvalue weighted by Gasteiger charge is -2.18. The lowest BCUT2D eigenvalue weighted by molar-refractivity contribution is 0.0940. The number of nitrogens with one attached hydrogen (secondary N) is 1. The number of aromatic nitrogens is 1. The molecule has 2 aromatic carbocycles. The lowest BCUT2D eigenvalue weighted by Crippen LogP contribution is -2.27. The molecule has 166 valence electrons. The van der Waals surface area contributed by atoms with Gasteiger partial charge < -0.3 is 10.1 Å². The summed E-state index contributed by atoms with van der Waals surface area (Å²) in [6.45, 7) is 2.74. The van der Waals surface area contributed by atoms with Gasteiger partial charge in [0.25, 0.3) is 5.91 Å². The molecule has 32 heavy (non-hydrogen) atoms. The van der Waals surface area contributed by atoms with Crippen LogP contribution in [0.4, 0.5) is 5.69 Å². The molecular weight excluding hydrogens is 426 g/mol. The van der Waals surface area contributed by atoms with Crippen LogP contribution in [0.15, 0.2) is 72.9 Å². The summed E-state index contributed by atoms with van der Waals surface area (Å²) in [4.78, 5) is 16.9. The first-order valence-electron chi connectivity index (χ1n) is 10.5. The number of rotatable bonds is 7. The Morgan fingerprint density at radius 2 is 1.94 bits per heavy atom. The number of pyridine rings is 1. The fourth-order valence-electron chi connectivity index (χ4n) is 3.59. The van der Waals surface area contributed by atoms with E-state index in [1.54, 1.807) is 30.5 Å². The van der Waals surface area contributed by atoms with Crippen LogP contribution in [0, 0.1) is 0 Å². The lowest BCUT2D eigenvalue weighted by atomic mass is 10.1. The molecule has 1 fully saturated rings. The zero-order chi connectivity index (χ0) is 22.6. The zero-order valence-corrected chi connectivity index (χ0v) is 18.6. The molecule has 7 nitrogen and oxygen atoms in total. The van der Waals surface area contributed by atoms with E-state index < -0.39 is 10.0 Å². The number of amides is 1. The van der Waals surface area contributed by atoms with Crippen molar-refractivity contribution in [2.75, 3.05) is 16.6 Å². The number of sulfonamides is 1. The summed E-state index contributed by atoms with van der Waals surface area (Å²) < 4.78 is 31.4. The first-order chi connectivity index (χ1) is 15.4. The molecule has 0 bridgehead atoms. The molecule has 1 N–H and O–H groups in total. The fraction of sp³-hybridized carbons (Fsp3) is 0.250. The largest absolute Gasteiger partial charge is 0.487 e. The highest BCUT2D eigenvalue weighted by Gasteiger charge is 2.28. The molecule has 0 spiro atoms. The van der Waals surface area contributed by atoms with Crippen molar-refractivity contribution in [1.82, 2.24) is 10.3 Å². The van der Waals surface area contributed by atoms with E-state index in [1.165, 1.54) is 4.31 Å². The highest BCUT2D eigenvalue weighted by molar-refractivity contribution is 7.93. The van der Waals surface area contributed by atoms with Gasteiger partial charge in [-0.2, -0.15) is 0 Å². The summed E-state index contributed by atoms with van der Waals surface area (Å²) in [5.74, 6) is 0.635. The highest BCUT2D eigenvalue weighted by Crippen LogP contribution is 2.25. The third kappa shape index (κ3) is 5.08. The number of hydrogen-bond donors (Lipinski definition) is 1. The molecule has 1 amide bonds. The van der Waals surface area contributed by atoms with Gasteiger partial charge in [0.15, 0.2) is 0 Å². The molecule has 1 saturated heterocycles. The Morgan fingerprint density at radius 1 is 1.12 bits per heavy atom. The normalized spacial score (nSPS) is 15.8. The number of hydrogen-bond acceptors (Lipinski definition) is 5. The van der Waals surface area contributed by atoms with Gasteiger partial charge in [-0.25, -0.2) is 8.42 Å². The molecule has 0 radical (unpaired) electrons. The minimum Gasteiger partial charge on any atom is -0.487 e. The molecule has 1 aromatic heterocycles. The van der Waals surface area contributed by atoms with E-state index in [1.807, 2.05) is 49.4 Å². The monoisotopic (exact) mass is 451 g/mol. The summed E-state index contributed by atoms with van der Waals surface area (Å²) in [6.07, 6.45) is 2.34. The van der Waals surface area contributed by atoms with Crippen molar-refractivity contribution >= 4 is 21.6 Å². The van der Waals surface area contributed by atoms with Gasteiger partial charge in [-0.1, -0.05) is 18.2 Å². The number of carbonyl (C=O) groups is 1. The maximum Gasteiger partial charge on any atom is 0.251 e. The van der Waals surface area contributed by atoms with Crippen molar-refractivity contribution in [3.8, 4) is 5.75 Å². The third-order valence-corrected chi connectivity index (χ3v) is 7.20. The van der Waals surface area contributed by atoms with E-state index in [0.717, 1.165) is 11.3 Å². The van der Waals surface area contributed by atoms with Crippen LogP contribution in [0.5, 0.6) is 5.75 Å². The van der Waals surface area contributed by atoms with Gasteiger partial charge in [-0.05, 0) is 67.4 Å². The quantitative estimate of drug-likeness (QED) is 0.592. The van der Waals surface area contributed by atoms with E-state index in [2.05, 4.69) is 10.3 Å². The third-order valence-electron chi connectivity index (χ3n) is 5.34. The van der Waals surface area contributed by atoms with E-state index in [4.69, 9.17) is 4.74 Å². The topological polar surface area (TPSA) is 88.6 Å². The van der Waals surface area contributed by atoms with Crippen LogP contribution < -0.4 is 14.4 Å². The van der Waals surface area contributed by atoms with E-state index in [9.17, 15) is 13.2 Å².